The van der Waals surface area contributed by atoms with Gasteiger partial charge in [-0.1, -0.05) is 35.9 Å². The molecular weight excluding hydrogens is 344 g/mol. The molecule has 6 nitrogen and oxygen atoms in total. The lowest BCUT2D eigenvalue weighted by Crippen LogP contribution is -2.12. The van der Waals surface area contributed by atoms with E-state index in [0.29, 0.717) is 10.8 Å². The van der Waals surface area contributed by atoms with E-state index in [4.69, 9.17) is 16.0 Å². The number of hydrogen-bond donors (Lipinski definition) is 1. The van der Waals surface area contributed by atoms with E-state index >= 15 is 0 Å². The van der Waals surface area contributed by atoms with Crippen LogP contribution in [0.5, 0.6) is 0 Å². The molecule has 3 aromatic rings. The number of halogens is 1. The van der Waals surface area contributed by atoms with Crippen molar-refractivity contribution < 1.29 is 14.1 Å². The predicted octanol–water partition coefficient (Wildman–Crippen LogP) is 5.07. The molecule has 0 saturated carbocycles. The lowest BCUT2D eigenvalue weighted by atomic mass is 10.1. The summed E-state index contributed by atoms with van der Waals surface area (Å²) in [4.78, 5) is 22.8. The van der Waals surface area contributed by atoms with E-state index in [1.165, 1.54) is 24.3 Å². The summed E-state index contributed by atoms with van der Waals surface area (Å²) in [6.07, 6.45) is 0. The zero-order valence-electron chi connectivity index (χ0n) is 13.2. The maximum Gasteiger partial charge on any atom is 0.292 e. The summed E-state index contributed by atoms with van der Waals surface area (Å²) >= 11 is 6.10. The molecule has 3 rings (SSSR count). The molecule has 0 aliphatic rings. The van der Waals surface area contributed by atoms with Gasteiger partial charge in [-0.2, -0.15) is 0 Å². The number of nitrogens with zero attached hydrogens (tertiary/aromatic N) is 1. The Morgan fingerprint density at radius 3 is 2.64 bits per heavy atom. The van der Waals surface area contributed by atoms with Crippen LogP contribution in [0.2, 0.25) is 5.02 Å². The summed E-state index contributed by atoms with van der Waals surface area (Å²) < 4.78 is 5.60. The summed E-state index contributed by atoms with van der Waals surface area (Å²) in [7, 11) is 0. The van der Waals surface area contributed by atoms with Crippen molar-refractivity contribution in [1.29, 1.82) is 0 Å². The van der Waals surface area contributed by atoms with Crippen molar-refractivity contribution in [3.8, 4) is 11.3 Å². The monoisotopic (exact) mass is 356 g/mol. The maximum atomic E-state index is 12.3. The quantitative estimate of drug-likeness (QED) is 0.522. The first-order chi connectivity index (χ1) is 12.0. The molecule has 0 spiro atoms. The van der Waals surface area contributed by atoms with E-state index in [1.54, 1.807) is 24.3 Å². The van der Waals surface area contributed by atoms with E-state index in [2.05, 4.69) is 5.32 Å². The third-order valence-electron chi connectivity index (χ3n) is 3.71. The van der Waals surface area contributed by atoms with E-state index in [1.807, 2.05) is 13.0 Å². The van der Waals surface area contributed by atoms with E-state index in [9.17, 15) is 14.9 Å². The van der Waals surface area contributed by atoms with Gasteiger partial charge in [0.15, 0.2) is 5.76 Å². The van der Waals surface area contributed by atoms with Crippen LogP contribution in [0.3, 0.4) is 0 Å². The summed E-state index contributed by atoms with van der Waals surface area (Å²) in [5.74, 6) is -0.0273. The first-order valence-electron chi connectivity index (χ1n) is 7.37. The molecule has 0 radical (unpaired) electrons. The molecule has 0 saturated heterocycles. The predicted molar refractivity (Wildman–Crippen MR) is 94.9 cm³/mol. The second-order valence-corrected chi connectivity index (χ2v) is 5.71. The average Bonchev–Trinajstić information content (AvgIpc) is 3.07. The molecule has 0 bridgehead atoms. The Labute approximate surface area is 148 Å². The average molecular weight is 357 g/mol. The fourth-order valence-electron chi connectivity index (χ4n) is 2.40. The number of carbonyl (C=O) groups is 1. The van der Waals surface area contributed by atoms with E-state index in [-0.39, 0.29) is 17.1 Å². The first kappa shape index (κ1) is 16.7. The third-order valence-corrected chi connectivity index (χ3v) is 4.12. The highest BCUT2D eigenvalue weighted by atomic mass is 35.5. The molecule has 7 heteroatoms. The van der Waals surface area contributed by atoms with Gasteiger partial charge in [0.05, 0.1) is 4.92 Å². The van der Waals surface area contributed by atoms with Crippen molar-refractivity contribution in [3.63, 3.8) is 0 Å². The number of hydrogen-bond acceptors (Lipinski definition) is 4. The number of nitro groups is 1. The minimum Gasteiger partial charge on any atom is -0.451 e. The minimum atomic E-state index is -0.569. The smallest absolute Gasteiger partial charge is 0.292 e. The van der Waals surface area contributed by atoms with Crippen molar-refractivity contribution in [2.24, 2.45) is 0 Å². The zero-order chi connectivity index (χ0) is 18.0. The van der Waals surface area contributed by atoms with Crippen molar-refractivity contribution >= 4 is 28.9 Å². The van der Waals surface area contributed by atoms with Crippen molar-refractivity contribution in [2.45, 2.75) is 6.92 Å². The molecule has 1 N–H and O–H groups in total. The Morgan fingerprint density at radius 1 is 1.12 bits per heavy atom. The molecule has 0 unspecified atom stereocenters. The summed E-state index contributed by atoms with van der Waals surface area (Å²) in [5.41, 5.74) is 1.53. The molecule has 0 aliphatic carbocycles. The molecule has 25 heavy (non-hydrogen) atoms. The molecule has 0 aliphatic heterocycles. The van der Waals surface area contributed by atoms with E-state index < -0.39 is 10.8 Å². The van der Waals surface area contributed by atoms with Gasteiger partial charge >= 0.3 is 0 Å². The number of nitro benzene ring substituents is 1. The highest BCUT2D eigenvalue weighted by Gasteiger charge is 2.18. The van der Waals surface area contributed by atoms with Crippen LogP contribution >= 0.6 is 11.6 Å². The molecule has 1 heterocycles. The number of amides is 1. The Hall–Kier alpha value is -3.12. The number of nitrogens with one attached hydrogen (secondary N) is 1. The molecule has 2 aromatic carbocycles. The fourth-order valence-corrected chi connectivity index (χ4v) is 2.58. The van der Waals surface area contributed by atoms with Crippen LogP contribution in [-0.2, 0) is 0 Å². The zero-order valence-corrected chi connectivity index (χ0v) is 13.9. The van der Waals surface area contributed by atoms with Gasteiger partial charge in [0.2, 0.25) is 0 Å². The molecule has 1 aromatic heterocycles. The molecule has 126 valence electrons. The number of para-hydroxylation sites is 2. The Balaban J connectivity index is 1.87. The third kappa shape index (κ3) is 3.39. The minimum absolute atomic E-state index is 0.0486. The van der Waals surface area contributed by atoms with Gasteiger partial charge in [0.25, 0.3) is 11.6 Å². The number of carbonyl (C=O) groups excluding carboxylic acids is 1. The second-order valence-electron chi connectivity index (χ2n) is 5.30. The van der Waals surface area contributed by atoms with Crippen LogP contribution in [0, 0.1) is 17.0 Å². The van der Waals surface area contributed by atoms with E-state index in [0.717, 1.165) is 11.1 Å². The number of benzene rings is 2. The maximum absolute atomic E-state index is 12.3. The Kier molecular flexibility index (Phi) is 4.54. The van der Waals surface area contributed by atoms with Crippen molar-refractivity contribution in [1.82, 2.24) is 0 Å². The van der Waals surface area contributed by atoms with Crippen LogP contribution in [0.1, 0.15) is 16.1 Å². The summed E-state index contributed by atoms with van der Waals surface area (Å²) in [5, 5.41) is 14.1. The van der Waals surface area contributed by atoms with Gasteiger partial charge < -0.3 is 9.73 Å². The van der Waals surface area contributed by atoms with Crippen LogP contribution in [0.15, 0.2) is 59.0 Å². The molecule has 0 atom stereocenters. The van der Waals surface area contributed by atoms with Gasteiger partial charge in [-0.05, 0) is 36.8 Å². The lowest BCUT2D eigenvalue weighted by molar-refractivity contribution is -0.383. The molecular formula is C18H13ClN2O4. The Bertz CT molecular complexity index is 965. The van der Waals surface area contributed by atoms with Gasteiger partial charge in [-0.25, -0.2) is 0 Å². The van der Waals surface area contributed by atoms with Crippen LogP contribution in [-0.4, -0.2) is 10.8 Å². The normalized spacial score (nSPS) is 10.5. The standard InChI is InChI=1S/C18H13ClN2O4/c1-11-12(5-4-6-13(11)19)16-9-10-17(25-16)18(22)20-14-7-2-3-8-15(14)21(23)24/h2-10H,1H3,(H,20,22). The van der Waals surface area contributed by atoms with Gasteiger partial charge in [0, 0.05) is 16.7 Å². The van der Waals surface area contributed by atoms with Gasteiger partial charge in [0.1, 0.15) is 11.4 Å². The molecule has 0 fully saturated rings. The van der Waals surface area contributed by atoms with Gasteiger partial charge in [-0.15, -0.1) is 0 Å². The topological polar surface area (TPSA) is 85.4 Å². The van der Waals surface area contributed by atoms with Crippen LogP contribution < -0.4 is 5.32 Å². The second kappa shape index (κ2) is 6.78. The van der Waals surface area contributed by atoms with Crippen molar-refractivity contribution in [2.75, 3.05) is 5.32 Å². The van der Waals surface area contributed by atoms with Gasteiger partial charge in [-0.3, -0.25) is 14.9 Å². The van der Waals surface area contributed by atoms with Crippen molar-refractivity contribution in [3.05, 3.63) is 81.1 Å². The highest BCUT2D eigenvalue weighted by Crippen LogP contribution is 2.30. The largest absolute Gasteiger partial charge is 0.451 e. The highest BCUT2D eigenvalue weighted by molar-refractivity contribution is 6.31. The van der Waals surface area contributed by atoms with Crippen LogP contribution in [0.25, 0.3) is 11.3 Å². The number of rotatable bonds is 4. The first-order valence-corrected chi connectivity index (χ1v) is 7.75. The number of anilines is 1. The fraction of sp³-hybridized carbons (Fsp3) is 0.0556. The SMILES string of the molecule is Cc1c(Cl)cccc1-c1ccc(C(=O)Nc2ccccc2[N+](=O)[O-])o1. The Morgan fingerprint density at radius 2 is 1.88 bits per heavy atom. The lowest BCUT2D eigenvalue weighted by Gasteiger charge is -2.05. The van der Waals surface area contributed by atoms with Crippen LogP contribution in [0.4, 0.5) is 11.4 Å². The summed E-state index contributed by atoms with van der Waals surface area (Å²) in [6.45, 7) is 1.85. The number of furan rings is 1. The molecule has 1 amide bonds. The summed E-state index contributed by atoms with van der Waals surface area (Å²) in [6, 6.07) is 14.5.